The van der Waals surface area contributed by atoms with E-state index in [1.165, 1.54) is 18.2 Å². The quantitative estimate of drug-likeness (QED) is 0.122. The van der Waals surface area contributed by atoms with E-state index in [0.717, 1.165) is 16.7 Å². The van der Waals surface area contributed by atoms with E-state index in [2.05, 4.69) is 57.2 Å². The molecule has 0 aliphatic heterocycles. The molecule has 2 N–H and O–H groups in total. The average molecular weight is 515 g/mol. The number of aromatic nitrogens is 1. The Bertz CT molecular complexity index is 1530. The molecule has 192 valence electrons. The lowest BCUT2D eigenvalue weighted by molar-refractivity contribution is -0.114. The number of nitrogens with one attached hydrogen (secondary N) is 2. The van der Waals surface area contributed by atoms with Gasteiger partial charge < -0.3 is 19.9 Å². The molecule has 5 aromatic rings. The van der Waals surface area contributed by atoms with Gasteiger partial charge in [-0.2, -0.15) is 0 Å². The van der Waals surface area contributed by atoms with E-state index in [0.29, 0.717) is 29.4 Å². The largest absolute Gasteiger partial charge is 0.436 e. The van der Waals surface area contributed by atoms with Gasteiger partial charge in [0.15, 0.2) is 0 Å². The van der Waals surface area contributed by atoms with Crippen LogP contribution in [-0.2, 0) is 11.3 Å². The highest BCUT2D eigenvalue weighted by atomic mass is 16.5. The van der Waals surface area contributed by atoms with Gasteiger partial charge in [0.2, 0.25) is 0 Å². The Hall–Kier alpha value is -5.43. The number of amides is 1. The van der Waals surface area contributed by atoms with Crippen molar-refractivity contribution in [1.29, 1.82) is 0 Å². The van der Waals surface area contributed by atoms with Crippen LogP contribution in [0.5, 0.6) is 11.6 Å². The van der Waals surface area contributed by atoms with Crippen molar-refractivity contribution >= 4 is 23.5 Å². The molecule has 0 saturated heterocycles. The molecule has 1 amide bonds. The lowest BCUT2D eigenvalue weighted by Gasteiger charge is -2.09. The van der Waals surface area contributed by atoms with Gasteiger partial charge >= 0.3 is 0 Å². The highest BCUT2D eigenvalue weighted by molar-refractivity contribution is 6.22. The maximum absolute atomic E-state index is 13.1. The van der Waals surface area contributed by atoms with Crippen LogP contribution < -0.4 is 15.4 Å². The minimum Gasteiger partial charge on any atom is -0.436 e. The Morgan fingerprint density at radius 2 is 1.51 bits per heavy atom. The van der Waals surface area contributed by atoms with Crippen molar-refractivity contribution in [3.63, 3.8) is 0 Å². The van der Waals surface area contributed by atoms with E-state index in [4.69, 9.17) is 9.26 Å². The van der Waals surface area contributed by atoms with Crippen LogP contribution in [0, 0.1) is 0 Å². The first-order valence-corrected chi connectivity index (χ1v) is 12.4. The molecule has 1 heterocycles. The van der Waals surface area contributed by atoms with Crippen molar-refractivity contribution in [2.75, 3.05) is 0 Å². The highest BCUT2D eigenvalue weighted by Crippen LogP contribution is 2.23. The highest BCUT2D eigenvalue weighted by Gasteiger charge is 2.11. The molecule has 0 saturated carbocycles. The summed E-state index contributed by atoms with van der Waals surface area (Å²) in [6, 6.07) is 36.8. The lowest BCUT2D eigenvalue weighted by atomic mass is 10.0. The molecule has 0 unspecified atom stereocenters. The van der Waals surface area contributed by atoms with E-state index < -0.39 is 0 Å². The Morgan fingerprint density at radius 3 is 2.21 bits per heavy atom. The third-order valence-electron chi connectivity index (χ3n) is 5.83. The average Bonchev–Trinajstić information content (AvgIpc) is 3.50. The second kappa shape index (κ2) is 12.7. The molecule has 0 fully saturated rings. The molecule has 0 aliphatic rings. The van der Waals surface area contributed by atoms with Gasteiger partial charge in [0.05, 0.1) is 17.6 Å². The van der Waals surface area contributed by atoms with Gasteiger partial charge in [0.25, 0.3) is 11.8 Å². The van der Waals surface area contributed by atoms with Gasteiger partial charge in [-0.3, -0.25) is 4.79 Å². The van der Waals surface area contributed by atoms with Crippen molar-refractivity contribution in [1.82, 2.24) is 15.8 Å². The zero-order chi connectivity index (χ0) is 26.7. The van der Waals surface area contributed by atoms with Crippen LogP contribution in [0.3, 0.4) is 0 Å². The molecule has 7 heteroatoms. The summed E-state index contributed by atoms with van der Waals surface area (Å²) >= 11 is 0. The van der Waals surface area contributed by atoms with Gasteiger partial charge in [0, 0.05) is 18.8 Å². The maximum atomic E-state index is 13.1. The first-order chi connectivity index (χ1) is 19.2. The van der Waals surface area contributed by atoms with Crippen molar-refractivity contribution in [3.8, 4) is 22.8 Å². The second-order valence-corrected chi connectivity index (χ2v) is 8.53. The summed E-state index contributed by atoms with van der Waals surface area (Å²) in [5.41, 5.74) is 5.40. The monoisotopic (exact) mass is 514 g/mol. The van der Waals surface area contributed by atoms with E-state index in [-0.39, 0.29) is 5.91 Å². The minimum absolute atomic E-state index is 0.275. The number of nitrogens with zero attached hydrogens (tertiary/aromatic N) is 2. The smallest absolute Gasteiger partial charge is 0.259 e. The molecule has 1 aromatic heterocycles. The number of hydrogen-bond acceptors (Lipinski definition) is 6. The Morgan fingerprint density at radius 1 is 0.821 bits per heavy atom. The van der Waals surface area contributed by atoms with Crippen LogP contribution in [0.4, 0.5) is 5.69 Å². The lowest BCUT2D eigenvalue weighted by Crippen LogP contribution is -2.24. The molecule has 0 radical (unpaired) electrons. The SMILES string of the molecule is O=C(NC=Nc1ccc(Oc2ccon2)cc1)/C(=C\NCc1ccc(-c2ccccc2)cc1)c1ccccc1. The normalized spacial score (nSPS) is 11.3. The maximum Gasteiger partial charge on any atom is 0.259 e. The van der Waals surface area contributed by atoms with Crippen molar-refractivity contribution in [2.45, 2.75) is 6.54 Å². The summed E-state index contributed by atoms with van der Waals surface area (Å²) in [5.74, 6) is 0.696. The fraction of sp³-hybridized carbons (Fsp3) is 0.0312. The predicted octanol–water partition coefficient (Wildman–Crippen LogP) is 6.74. The number of ether oxygens (including phenoxy) is 1. The first-order valence-electron chi connectivity index (χ1n) is 12.4. The molecule has 0 bridgehead atoms. The van der Waals surface area contributed by atoms with Crippen molar-refractivity contribution < 1.29 is 14.1 Å². The summed E-state index contributed by atoms with van der Waals surface area (Å²) in [7, 11) is 0. The van der Waals surface area contributed by atoms with Gasteiger partial charge in [0.1, 0.15) is 12.0 Å². The molecule has 0 aliphatic carbocycles. The van der Waals surface area contributed by atoms with Crippen molar-refractivity contribution in [3.05, 3.63) is 139 Å². The number of aliphatic imine (C=N–C) groups is 1. The van der Waals surface area contributed by atoms with Gasteiger partial charge in [-0.1, -0.05) is 84.9 Å². The molecule has 39 heavy (non-hydrogen) atoms. The molecule has 0 atom stereocenters. The van der Waals surface area contributed by atoms with E-state index in [9.17, 15) is 4.79 Å². The van der Waals surface area contributed by atoms with Crippen LogP contribution in [0.15, 0.2) is 137 Å². The van der Waals surface area contributed by atoms with Crippen LogP contribution in [-0.4, -0.2) is 17.4 Å². The number of rotatable bonds is 10. The predicted molar refractivity (Wildman–Crippen MR) is 152 cm³/mol. The third kappa shape index (κ3) is 7.08. The standard InChI is InChI=1S/C32H26N4O3/c37-32(35-23-34-28-15-17-29(18-16-28)39-31-19-20-38-36-31)30(27-9-5-2-6-10-27)22-33-21-24-11-13-26(14-12-24)25-7-3-1-4-8-25/h1-20,22-23,33H,21H2,(H,34,35,37)/b30-22-. The Kier molecular flexibility index (Phi) is 8.21. The van der Waals surface area contributed by atoms with E-state index in [1.54, 1.807) is 36.5 Å². The van der Waals surface area contributed by atoms with Gasteiger partial charge in [-0.25, -0.2) is 4.99 Å². The van der Waals surface area contributed by atoms with E-state index >= 15 is 0 Å². The van der Waals surface area contributed by atoms with Gasteiger partial charge in [-0.05, 0) is 51.7 Å². The molecular weight excluding hydrogens is 488 g/mol. The van der Waals surface area contributed by atoms with Crippen LogP contribution in [0.2, 0.25) is 0 Å². The molecular formula is C32H26N4O3. The number of hydrogen-bond donors (Lipinski definition) is 2. The van der Waals surface area contributed by atoms with Crippen LogP contribution in [0.1, 0.15) is 11.1 Å². The molecule has 4 aromatic carbocycles. The molecule has 7 nitrogen and oxygen atoms in total. The second-order valence-electron chi connectivity index (χ2n) is 8.53. The first kappa shape index (κ1) is 25.2. The van der Waals surface area contributed by atoms with Gasteiger partial charge in [-0.15, -0.1) is 0 Å². The Balaban J connectivity index is 1.21. The fourth-order valence-electron chi connectivity index (χ4n) is 3.83. The zero-order valence-electron chi connectivity index (χ0n) is 21.0. The third-order valence-corrected chi connectivity index (χ3v) is 5.83. The van der Waals surface area contributed by atoms with E-state index in [1.807, 2.05) is 48.5 Å². The minimum atomic E-state index is -0.275. The molecule has 0 spiro atoms. The summed E-state index contributed by atoms with van der Waals surface area (Å²) in [6.45, 7) is 0.579. The summed E-state index contributed by atoms with van der Waals surface area (Å²) in [5, 5.41) is 9.75. The van der Waals surface area contributed by atoms with Crippen molar-refractivity contribution in [2.24, 2.45) is 4.99 Å². The number of carbonyl (C=O) groups is 1. The summed E-state index contributed by atoms with van der Waals surface area (Å²) in [6.07, 6.45) is 4.56. The van der Waals surface area contributed by atoms with Crippen LogP contribution >= 0.6 is 0 Å². The van der Waals surface area contributed by atoms with Crippen LogP contribution in [0.25, 0.3) is 16.7 Å². The summed E-state index contributed by atoms with van der Waals surface area (Å²) < 4.78 is 10.3. The number of benzene rings is 4. The number of carbonyl (C=O) groups excluding carboxylic acids is 1. The zero-order valence-corrected chi connectivity index (χ0v) is 21.0. The Labute approximate surface area is 226 Å². The fourth-order valence-corrected chi connectivity index (χ4v) is 3.83. The summed E-state index contributed by atoms with van der Waals surface area (Å²) in [4.78, 5) is 17.4. The molecule has 5 rings (SSSR count). The topological polar surface area (TPSA) is 88.8 Å².